The number of carbonyl (C=O) groups excluding carboxylic acids is 1. The third-order valence-corrected chi connectivity index (χ3v) is 4.61. The number of aliphatic carboxylic acids is 1. The number of carboxylic acid groups (broad SMARTS) is 1. The highest BCUT2D eigenvalue weighted by atomic mass is 16.5. The quantitative estimate of drug-likeness (QED) is 0.740. The fraction of sp³-hybridized carbons (Fsp3) is 0.714. The van der Waals surface area contributed by atoms with Gasteiger partial charge in [0.1, 0.15) is 0 Å². The van der Waals surface area contributed by atoms with Gasteiger partial charge in [0.15, 0.2) is 0 Å². The summed E-state index contributed by atoms with van der Waals surface area (Å²) in [4.78, 5) is 23.7. The van der Waals surface area contributed by atoms with Crippen LogP contribution in [0.5, 0.6) is 0 Å². The van der Waals surface area contributed by atoms with Crippen LogP contribution in [0.1, 0.15) is 19.3 Å². The van der Waals surface area contributed by atoms with Gasteiger partial charge in [0.25, 0.3) is 0 Å². The zero-order chi connectivity index (χ0) is 13.4. The molecule has 0 aromatic carbocycles. The average Bonchev–Trinajstić information content (AvgIpc) is 2.99. The zero-order valence-corrected chi connectivity index (χ0v) is 10.7. The molecule has 3 aliphatic rings. The lowest BCUT2D eigenvalue weighted by molar-refractivity contribution is -0.148. The molecular formula is C14H19NO4. The minimum atomic E-state index is -0.844. The van der Waals surface area contributed by atoms with Crippen LogP contribution in [0.4, 0.5) is 0 Å². The first-order chi connectivity index (χ1) is 9.16. The van der Waals surface area contributed by atoms with E-state index in [4.69, 9.17) is 4.74 Å². The molecule has 1 amide bonds. The summed E-state index contributed by atoms with van der Waals surface area (Å²) in [7, 11) is 0. The highest BCUT2D eigenvalue weighted by Crippen LogP contribution is 2.48. The molecule has 2 aliphatic carbocycles. The normalized spacial score (nSPS) is 37.5. The third kappa shape index (κ3) is 2.27. The lowest BCUT2D eigenvalue weighted by Gasteiger charge is -2.28. The maximum absolute atomic E-state index is 12.4. The van der Waals surface area contributed by atoms with Gasteiger partial charge >= 0.3 is 5.97 Å². The summed E-state index contributed by atoms with van der Waals surface area (Å²) in [5.41, 5.74) is 0. The summed E-state index contributed by atoms with van der Waals surface area (Å²) in [6, 6.07) is 0.138. The Morgan fingerprint density at radius 2 is 1.74 bits per heavy atom. The number of hydrogen-bond donors (Lipinski definition) is 2. The molecule has 1 heterocycles. The lowest BCUT2D eigenvalue weighted by atomic mass is 9.82. The van der Waals surface area contributed by atoms with Gasteiger partial charge < -0.3 is 15.2 Å². The van der Waals surface area contributed by atoms with Crippen LogP contribution in [0.25, 0.3) is 0 Å². The summed E-state index contributed by atoms with van der Waals surface area (Å²) in [5.74, 6) is -1.73. The zero-order valence-electron chi connectivity index (χ0n) is 10.7. The number of nitrogens with one attached hydrogen (secondary N) is 1. The van der Waals surface area contributed by atoms with Crippen LogP contribution in [-0.4, -0.2) is 36.2 Å². The van der Waals surface area contributed by atoms with Crippen LogP contribution in [0.3, 0.4) is 0 Å². The van der Waals surface area contributed by atoms with E-state index in [1.807, 2.05) is 12.2 Å². The topological polar surface area (TPSA) is 75.6 Å². The van der Waals surface area contributed by atoms with E-state index in [-0.39, 0.29) is 23.8 Å². The number of hydrogen-bond acceptors (Lipinski definition) is 3. The Bertz CT molecular complexity index is 414. The second-order valence-corrected chi connectivity index (χ2v) is 5.73. The SMILES string of the molecule is O=C(O)[C@@H]1C2C=CC(C2)[C@@H]1C(=O)NC1CCOCC1. The predicted molar refractivity (Wildman–Crippen MR) is 67.3 cm³/mol. The van der Waals surface area contributed by atoms with Crippen molar-refractivity contribution in [3.05, 3.63) is 12.2 Å². The Morgan fingerprint density at radius 1 is 1.11 bits per heavy atom. The second-order valence-electron chi connectivity index (χ2n) is 5.73. The molecule has 4 atom stereocenters. The first-order valence-corrected chi connectivity index (χ1v) is 6.96. The maximum atomic E-state index is 12.4. The molecule has 19 heavy (non-hydrogen) atoms. The van der Waals surface area contributed by atoms with Crippen molar-refractivity contribution >= 4 is 11.9 Å². The van der Waals surface area contributed by atoms with Crippen LogP contribution in [0.2, 0.25) is 0 Å². The number of fused-ring (bicyclic) bond motifs is 2. The molecule has 3 rings (SSSR count). The Labute approximate surface area is 112 Å². The van der Waals surface area contributed by atoms with Crippen molar-refractivity contribution < 1.29 is 19.4 Å². The third-order valence-electron chi connectivity index (χ3n) is 4.61. The van der Waals surface area contributed by atoms with E-state index >= 15 is 0 Å². The monoisotopic (exact) mass is 265 g/mol. The average molecular weight is 265 g/mol. The van der Waals surface area contributed by atoms with Gasteiger partial charge in [0.2, 0.25) is 5.91 Å². The molecule has 1 saturated heterocycles. The number of ether oxygens (including phenoxy) is 1. The molecule has 2 fully saturated rings. The summed E-state index contributed by atoms with van der Waals surface area (Å²) < 4.78 is 5.26. The van der Waals surface area contributed by atoms with Gasteiger partial charge in [-0.2, -0.15) is 0 Å². The van der Waals surface area contributed by atoms with Gasteiger partial charge in [-0.1, -0.05) is 12.2 Å². The van der Waals surface area contributed by atoms with E-state index in [0.29, 0.717) is 13.2 Å². The molecule has 2 N–H and O–H groups in total. The summed E-state index contributed by atoms with van der Waals surface area (Å²) in [6.07, 6.45) is 6.42. The van der Waals surface area contributed by atoms with E-state index in [0.717, 1.165) is 19.3 Å². The fourth-order valence-corrected chi connectivity index (χ4v) is 3.66. The van der Waals surface area contributed by atoms with Crippen molar-refractivity contribution in [2.45, 2.75) is 25.3 Å². The van der Waals surface area contributed by atoms with Crippen molar-refractivity contribution in [1.82, 2.24) is 5.32 Å². The Morgan fingerprint density at radius 3 is 2.37 bits per heavy atom. The van der Waals surface area contributed by atoms with E-state index in [1.54, 1.807) is 0 Å². The number of carboxylic acids is 1. The molecule has 5 heteroatoms. The largest absolute Gasteiger partial charge is 0.481 e. The highest BCUT2D eigenvalue weighted by Gasteiger charge is 2.51. The van der Waals surface area contributed by atoms with Gasteiger partial charge in [0, 0.05) is 19.3 Å². The van der Waals surface area contributed by atoms with Crippen molar-refractivity contribution in [3.63, 3.8) is 0 Å². The first kappa shape index (κ1) is 12.7. The van der Waals surface area contributed by atoms with E-state index in [2.05, 4.69) is 5.32 Å². The molecule has 1 saturated carbocycles. The molecule has 5 nitrogen and oxygen atoms in total. The number of allylic oxidation sites excluding steroid dienone is 2. The van der Waals surface area contributed by atoms with Gasteiger partial charge in [0.05, 0.1) is 11.8 Å². The molecule has 0 spiro atoms. The van der Waals surface area contributed by atoms with Crippen LogP contribution in [0, 0.1) is 23.7 Å². The van der Waals surface area contributed by atoms with E-state index in [9.17, 15) is 14.7 Å². The minimum Gasteiger partial charge on any atom is -0.481 e. The lowest BCUT2D eigenvalue weighted by Crippen LogP contribution is -2.46. The number of amides is 1. The van der Waals surface area contributed by atoms with Gasteiger partial charge in [-0.25, -0.2) is 0 Å². The highest BCUT2D eigenvalue weighted by molar-refractivity contribution is 5.87. The van der Waals surface area contributed by atoms with Crippen molar-refractivity contribution in [2.75, 3.05) is 13.2 Å². The molecule has 2 bridgehead atoms. The van der Waals surface area contributed by atoms with Crippen molar-refractivity contribution in [1.29, 1.82) is 0 Å². The second kappa shape index (κ2) is 4.96. The smallest absolute Gasteiger partial charge is 0.307 e. The van der Waals surface area contributed by atoms with Gasteiger partial charge in [-0.05, 0) is 31.1 Å². The summed E-state index contributed by atoms with van der Waals surface area (Å²) in [6.45, 7) is 1.34. The molecule has 104 valence electrons. The van der Waals surface area contributed by atoms with Crippen molar-refractivity contribution in [2.24, 2.45) is 23.7 Å². The van der Waals surface area contributed by atoms with E-state index in [1.165, 1.54) is 0 Å². The minimum absolute atomic E-state index is 0.0351. The number of rotatable bonds is 3. The summed E-state index contributed by atoms with van der Waals surface area (Å²) in [5, 5.41) is 12.3. The van der Waals surface area contributed by atoms with Gasteiger partial charge in [-0.15, -0.1) is 0 Å². The van der Waals surface area contributed by atoms with Crippen LogP contribution in [-0.2, 0) is 14.3 Å². The Kier molecular flexibility index (Phi) is 3.31. The molecule has 0 radical (unpaired) electrons. The standard InChI is InChI=1S/C14H19NO4/c16-13(15-10-3-5-19-6-4-10)11-8-1-2-9(7-8)12(11)14(17)18/h1-2,8-12H,3-7H2,(H,15,16)(H,17,18)/t8?,9?,11-,12+/m0/s1. The molecular weight excluding hydrogens is 246 g/mol. The van der Waals surface area contributed by atoms with Crippen LogP contribution < -0.4 is 5.32 Å². The van der Waals surface area contributed by atoms with Crippen LogP contribution in [0.15, 0.2) is 12.2 Å². The van der Waals surface area contributed by atoms with Gasteiger partial charge in [-0.3, -0.25) is 9.59 Å². The molecule has 2 unspecified atom stereocenters. The Hall–Kier alpha value is -1.36. The fourth-order valence-electron chi connectivity index (χ4n) is 3.66. The molecule has 1 aliphatic heterocycles. The van der Waals surface area contributed by atoms with Crippen LogP contribution >= 0.6 is 0 Å². The van der Waals surface area contributed by atoms with Crippen molar-refractivity contribution in [3.8, 4) is 0 Å². The number of carbonyl (C=O) groups is 2. The maximum Gasteiger partial charge on any atom is 0.307 e. The molecule has 0 aromatic heterocycles. The predicted octanol–water partition coefficient (Wildman–Crippen LogP) is 0.804. The first-order valence-electron chi connectivity index (χ1n) is 6.96. The van der Waals surface area contributed by atoms with E-state index < -0.39 is 17.8 Å². The molecule has 0 aromatic rings. The summed E-state index contributed by atoms with van der Waals surface area (Å²) >= 11 is 0. The Balaban J connectivity index is 1.68.